The number of hydrogen-bond donors (Lipinski definition) is 1. The molecule has 22 heavy (non-hydrogen) atoms. The van der Waals surface area contributed by atoms with E-state index in [1.807, 2.05) is 12.1 Å². The van der Waals surface area contributed by atoms with E-state index >= 15 is 0 Å². The molecule has 1 aliphatic heterocycles. The first-order valence-corrected chi connectivity index (χ1v) is 9.09. The van der Waals surface area contributed by atoms with Crippen LogP contribution in [0.4, 0.5) is 11.4 Å². The maximum Gasteiger partial charge on any atom is 0.0368 e. The molecule has 0 aromatic heterocycles. The largest absolute Gasteiger partial charge is 0.399 e. The third-order valence-electron chi connectivity index (χ3n) is 4.85. The molecular weight excluding hydrogens is 270 g/mol. The lowest BCUT2D eigenvalue weighted by atomic mass is 10.0. The Balaban J connectivity index is 1.84. The number of hydrogen-bond acceptors (Lipinski definition) is 3. The number of nitrogens with zero attached hydrogens (tertiary/aromatic N) is 2. The van der Waals surface area contributed by atoms with Gasteiger partial charge in [0, 0.05) is 43.6 Å². The molecule has 0 spiro atoms. The molecule has 0 radical (unpaired) electrons. The van der Waals surface area contributed by atoms with E-state index in [4.69, 9.17) is 5.73 Å². The topological polar surface area (TPSA) is 32.5 Å². The van der Waals surface area contributed by atoms with Crippen LogP contribution < -0.4 is 10.6 Å². The van der Waals surface area contributed by atoms with Gasteiger partial charge in [-0.2, -0.15) is 0 Å². The van der Waals surface area contributed by atoms with Gasteiger partial charge in [-0.15, -0.1) is 0 Å². The highest BCUT2D eigenvalue weighted by molar-refractivity contribution is 5.53. The molecule has 1 fully saturated rings. The van der Waals surface area contributed by atoms with E-state index in [-0.39, 0.29) is 0 Å². The van der Waals surface area contributed by atoms with Gasteiger partial charge in [-0.05, 0) is 37.1 Å². The molecule has 0 amide bonds. The standard InChI is InChI=1S/C19H33N3/c1-3-5-6-8-18(7-4-2)21-13-15-22(16-14-21)19-11-9-17(20)10-12-19/h9-12,18H,3-8,13-16,20H2,1-2H3. The van der Waals surface area contributed by atoms with Gasteiger partial charge in [-0.3, -0.25) is 4.90 Å². The number of benzene rings is 1. The average molecular weight is 303 g/mol. The zero-order valence-electron chi connectivity index (χ0n) is 14.4. The van der Waals surface area contributed by atoms with Crippen molar-refractivity contribution >= 4 is 11.4 Å². The van der Waals surface area contributed by atoms with Crippen molar-refractivity contribution in [3.63, 3.8) is 0 Å². The summed E-state index contributed by atoms with van der Waals surface area (Å²) in [6.07, 6.45) is 8.12. The summed E-state index contributed by atoms with van der Waals surface area (Å²) in [5.74, 6) is 0. The first-order chi connectivity index (χ1) is 10.7. The summed E-state index contributed by atoms with van der Waals surface area (Å²) in [6.45, 7) is 9.27. The Morgan fingerprint density at radius 3 is 2.18 bits per heavy atom. The molecule has 1 aliphatic rings. The second-order valence-electron chi connectivity index (χ2n) is 6.55. The first kappa shape index (κ1) is 17.1. The Bertz CT molecular complexity index is 407. The van der Waals surface area contributed by atoms with Crippen molar-refractivity contribution in [1.29, 1.82) is 0 Å². The number of unbranched alkanes of at least 4 members (excludes halogenated alkanes) is 2. The third-order valence-corrected chi connectivity index (χ3v) is 4.85. The summed E-state index contributed by atoms with van der Waals surface area (Å²) in [4.78, 5) is 5.22. The van der Waals surface area contributed by atoms with Crippen molar-refractivity contribution in [2.24, 2.45) is 0 Å². The molecule has 0 saturated carbocycles. The van der Waals surface area contributed by atoms with E-state index in [1.165, 1.54) is 57.3 Å². The van der Waals surface area contributed by atoms with Gasteiger partial charge in [-0.25, -0.2) is 0 Å². The van der Waals surface area contributed by atoms with Crippen LogP contribution >= 0.6 is 0 Å². The summed E-state index contributed by atoms with van der Waals surface area (Å²) >= 11 is 0. The van der Waals surface area contributed by atoms with Gasteiger partial charge in [0.15, 0.2) is 0 Å². The monoisotopic (exact) mass is 303 g/mol. The van der Waals surface area contributed by atoms with Crippen LogP contribution in [0.2, 0.25) is 0 Å². The molecule has 1 heterocycles. The van der Waals surface area contributed by atoms with Crippen molar-refractivity contribution in [3.05, 3.63) is 24.3 Å². The molecule has 2 N–H and O–H groups in total. The molecule has 1 aromatic rings. The molecule has 1 atom stereocenters. The van der Waals surface area contributed by atoms with Crippen LogP contribution in [-0.2, 0) is 0 Å². The van der Waals surface area contributed by atoms with Crippen LogP contribution in [-0.4, -0.2) is 37.1 Å². The normalized spacial score (nSPS) is 17.6. The minimum absolute atomic E-state index is 0.796. The summed E-state index contributed by atoms with van der Waals surface area (Å²) in [5, 5.41) is 0. The van der Waals surface area contributed by atoms with Crippen molar-refractivity contribution < 1.29 is 0 Å². The fourth-order valence-electron chi connectivity index (χ4n) is 3.50. The van der Waals surface area contributed by atoms with Gasteiger partial charge in [0.05, 0.1) is 0 Å². The van der Waals surface area contributed by atoms with Crippen molar-refractivity contribution in [2.45, 2.75) is 58.4 Å². The molecule has 0 aliphatic carbocycles. The highest BCUT2D eigenvalue weighted by Gasteiger charge is 2.23. The minimum atomic E-state index is 0.796. The van der Waals surface area contributed by atoms with Crippen LogP contribution in [0.3, 0.4) is 0 Å². The molecule has 1 aromatic carbocycles. The molecule has 3 nitrogen and oxygen atoms in total. The number of nitrogen functional groups attached to an aromatic ring is 1. The Morgan fingerprint density at radius 1 is 0.909 bits per heavy atom. The molecule has 1 saturated heterocycles. The molecule has 2 rings (SSSR count). The molecule has 124 valence electrons. The Morgan fingerprint density at radius 2 is 1.59 bits per heavy atom. The lowest BCUT2D eigenvalue weighted by Crippen LogP contribution is -2.50. The zero-order valence-corrected chi connectivity index (χ0v) is 14.4. The highest BCUT2D eigenvalue weighted by atomic mass is 15.3. The van der Waals surface area contributed by atoms with Gasteiger partial charge in [0.2, 0.25) is 0 Å². The predicted octanol–water partition coefficient (Wildman–Crippen LogP) is 4.14. The Labute approximate surface area is 136 Å². The van der Waals surface area contributed by atoms with Gasteiger partial charge >= 0.3 is 0 Å². The predicted molar refractivity (Wildman–Crippen MR) is 97.5 cm³/mol. The summed E-state index contributed by atoms with van der Waals surface area (Å²) in [7, 11) is 0. The van der Waals surface area contributed by atoms with Crippen LogP contribution in [0.5, 0.6) is 0 Å². The van der Waals surface area contributed by atoms with E-state index in [2.05, 4.69) is 35.8 Å². The minimum Gasteiger partial charge on any atom is -0.399 e. The summed E-state index contributed by atoms with van der Waals surface area (Å²) in [6, 6.07) is 9.11. The second kappa shape index (κ2) is 9.04. The maximum atomic E-state index is 5.78. The zero-order chi connectivity index (χ0) is 15.8. The van der Waals surface area contributed by atoms with Gasteiger partial charge in [0.25, 0.3) is 0 Å². The van der Waals surface area contributed by atoms with Crippen molar-refractivity contribution in [1.82, 2.24) is 4.90 Å². The average Bonchev–Trinajstić information content (AvgIpc) is 2.55. The number of piperazine rings is 1. The van der Waals surface area contributed by atoms with E-state index in [9.17, 15) is 0 Å². The van der Waals surface area contributed by atoms with Crippen molar-refractivity contribution in [3.8, 4) is 0 Å². The SMILES string of the molecule is CCCCCC(CCC)N1CCN(c2ccc(N)cc2)CC1. The van der Waals surface area contributed by atoms with E-state index < -0.39 is 0 Å². The third kappa shape index (κ3) is 4.91. The van der Waals surface area contributed by atoms with E-state index in [1.54, 1.807) is 0 Å². The Kier molecular flexibility index (Phi) is 7.04. The quantitative estimate of drug-likeness (QED) is 0.578. The fraction of sp³-hybridized carbons (Fsp3) is 0.684. The number of anilines is 2. The number of rotatable bonds is 8. The fourth-order valence-corrected chi connectivity index (χ4v) is 3.50. The summed E-state index contributed by atoms with van der Waals surface area (Å²) in [5.41, 5.74) is 7.94. The highest BCUT2D eigenvalue weighted by Crippen LogP contribution is 2.21. The van der Waals surface area contributed by atoms with Gasteiger partial charge < -0.3 is 10.6 Å². The van der Waals surface area contributed by atoms with Crippen LogP contribution in [0.1, 0.15) is 52.4 Å². The van der Waals surface area contributed by atoms with Crippen LogP contribution in [0.15, 0.2) is 24.3 Å². The van der Waals surface area contributed by atoms with E-state index in [0.717, 1.165) is 24.8 Å². The maximum absolute atomic E-state index is 5.78. The smallest absolute Gasteiger partial charge is 0.0368 e. The van der Waals surface area contributed by atoms with Crippen molar-refractivity contribution in [2.75, 3.05) is 36.8 Å². The van der Waals surface area contributed by atoms with Crippen LogP contribution in [0.25, 0.3) is 0 Å². The second-order valence-corrected chi connectivity index (χ2v) is 6.55. The molecular formula is C19H33N3. The number of nitrogens with two attached hydrogens (primary N) is 1. The van der Waals surface area contributed by atoms with E-state index in [0.29, 0.717) is 0 Å². The van der Waals surface area contributed by atoms with Crippen LogP contribution in [0, 0.1) is 0 Å². The first-order valence-electron chi connectivity index (χ1n) is 9.09. The molecule has 1 unspecified atom stereocenters. The lowest BCUT2D eigenvalue weighted by Gasteiger charge is -2.40. The lowest BCUT2D eigenvalue weighted by molar-refractivity contribution is 0.163. The Hall–Kier alpha value is -1.22. The molecule has 0 bridgehead atoms. The molecule has 3 heteroatoms. The van der Waals surface area contributed by atoms with Gasteiger partial charge in [-0.1, -0.05) is 39.5 Å². The summed E-state index contributed by atoms with van der Waals surface area (Å²) < 4.78 is 0. The van der Waals surface area contributed by atoms with Gasteiger partial charge in [0.1, 0.15) is 0 Å².